The van der Waals surface area contributed by atoms with Gasteiger partial charge in [0.15, 0.2) is 12.4 Å². The molecule has 3 saturated carbocycles. The summed E-state index contributed by atoms with van der Waals surface area (Å²) in [5.74, 6) is -0.402. The van der Waals surface area contributed by atoms with Gasteiger partial charge in [0.25, 0.3) is 0 Å². The van der Waals surface area contributed by atoms with E-state index in [0.717, 1.165) is 24.8 Å². The molecule has 7 atom stereocenters. The van der Waals surface area contributed by atoms with Crippen molar-refractivity contribution >= 4 is 33.5 Å². The third-order valence-corrected chi connectivity index (χ3v) is 11.4. The van der Waals surface area contributed by atoms with Gasteiger partial charge in [-0.25, -0.2) is 0 Å². The molecule has 0 saturated heterocycles. The van der Waals surface area contributed by atoms with E-state index in [0.29, 0.717) is 25.7 Å². The van der Waals surface area contributed by atoms with E-state index in [-0.39, 0.29) is 42.2 Å². The molecule has 7 nitrogen and oxygen atoms in total. The van der Waals surface area contributed by atoms with Crippen LogP contribution in [0.25, 0.3) is 0 Å². The molecule has 3 fully saturated rings. The van der Waals surface area contributed by atoms with Crippen LogP contribution in [0.4, 0.5) is 0 Å². The number of carbonyl (C=O) groups is 3. The SMILES string of the molecule is COCO[C@]1(C(=O)COC(C)=O)CC[C@H]2[C@@H]3CCC4=CC(=O)CC[C@]4(C)[C@@]3(Br)[C@@H](O)C[C@@]21C. The maximum atomic E-state index is 13.5. The standard InChI is InChI=1S/C25H35BrO7/c1-15(27)32-13-21(30)24(33-14-31-4)10-8-18-19-6-5-16-11-17(28)7-9-22(16,2)25(19,26)20(29)12-23(18,24)3/h11,18-20,29H,5-10,12-14H2,1-4H3/t18-,19-,20-,22-,23-,24-,25-/m0/s1. The van der Waals surface area contributed by atoms with Crippen molar-refractivity contribution in [3.8, 4) is 0 Å². The van der Waals surface area contributed by atoms with Crippen molar-refractivity contribution in [3.05, 3.63) is 11.6 Å². The van der Waals surface area contributed by atoms with Crippen molar-refractivity contribution in [2.45, 2.75) is 81.7 Å². The van der Waals surface area contributed by atoms with Gasteiger partial charge in [-0.2, -0.15) is 0 Å². The Balaban J connectivity index is 1.74. The molecule has 0 amide bonds. The second kappa shape index (κ2) is 8.54. The van der Waals surface area contributed by atoms with Crippen molar-refractivity contribution in [2.24, 2.45) is 22.7 Å². The Labute approximate surface area is 203 Å². The van der Waals surface area contributed by atoms with Crippen molar-refractivity contribution in [3.63, 3.8) is 0 Å². The average Bonchev–Trinajstić information content (AvgIpc) is 3.05. The first-order valence-corrected chi connectivity index (χ1v) is 12.7. The third-order valence-electron chi connectivity index (χ3n) is 9.44. The van der Waals surface area contributed by atoms with Crippen LogP contribution in [-0.2, 0) is 28.6 Å². The summed E-state index contributed by atoms with van der Waals surface area (Å²) in [5, 5.41) is 11.8. The van der Waals surface area contributed by atoms with Crippen LogP contribution in [0.3, 0.4) is 0 Å². The number of aliphatic hydroxyl groups excluding tert-OH is 1. The molecule has 0 heterocycles. The fourth-order valence-electron chi connectivity index (χ4n) is 7.78. The van der Waals surface area contributed by atoms with Gasteiger partial charge in [-0.05, 0) is 56.4 Å². The molecule has 4 aliphatic carbocycles. The Morgan fingerprint density at radius 1 is 1.18 bits per heavy atom. The molecular weight excluding hydrogens is 492 g/mol. The lowest BCUT2D eigenvalue weighted by atomic mass is 9.45. The molecule has 0 aromatic heterocycles. The molecule has 0 aliphatic heterocycles. The lowest BCUT2D eigenvalue weighted by molar-refractivity contribution is -0.212. The molecule has 33 heavy (non-hydrogen) atoms. The number of aliphatic hydroxyl groups is 1. The van der Waals surface area contributed by atoms with Crippen molar-refractivity contribution in [1.29, 1.82) is 0 Å². The zero-order valence-electron chi connectivity index (χ0n) is 19.9. The highest BCUT2D eigenvalue weighted by Crippen LogP contribution is 2.72. The van der Waals surface area contributed by atoms with Gasteiger partial charge in [0.05, 0.1) is 10.4 Å². The Morgan fingerprint density at radius 3 is 2.58 bits per heavy atom. The summed E-state index contributed by atoms with van der Waals surface area (Å²) in [6.45, 7) is 5.09. The number of hydrogen-bond acceptors (Lipinski definition) is 7. The van der Waals surface area contributed by atoms with Gasteiger partial charge in [0, 0.05) is 31.3 Å². The molecule has 0 bridgehead atoms. The minimum Gasteiger partial charge on any atom is -0.458 e. The van der Waals surface area contributed by atoms with E-state index in [1.54, 1.807) is 6.08 Å². The second-order valence-electron chi connectivity index (χ2n) is 10.7. The number of ether oxygens (including phenoxy) is 3. The lowest BCUT2D eigenvalue weighted by Gasteiger charge is -2.65. The van der Waals surface area contributed by atoms with E-state index >= 15 is 0 Å². The molecule has 4 aliphatic rings. The molecule has 8 heteroatoms. The number of alkyl halides is 1. The number of esters is 1. The fourth-order valence-corrected chi connectivity index (χ4v) is 8.94. The molecular formula is C25H35BrO7. The number of methoxy groups -OCH3 is 1. The van der Waals surface area contributed by atoms with Crippen molar-refractivity contribution < 1.29 is 33.7 Å². The lowest BCUT2D eigenvalue weighted by Crippen LogP contribution is -2.69. The largest absolute Gasteiger partial charge is 0.458 e. The monoisotopic (exact) mass is 526 g/mol. The smallest absolute Gasteiger partial charge is 0.303 e. The predicted molar refractivity (Wildman–Crippen MR) is 124 cm³/mol. The quantitative estimate of drug-likeness (QED) is 0.321. The van der Waals surface area contributed by atoms with Crippen LogP contribution in [0.5, 0.6) is 0 Å². The van der Waals surface area contributed by atoms with E-state index in [1.165, 1.54) is 14.0 Å². The molecule has 4 rings (SSSR count). The minimum atomic E-state index is -1.20. The van der Waals surface area contributed by atoms with Gasteiger partial charge in [0.2, 0.25) is 5.78 Å². The number of carbonyl (C=O) groups excluding carboxylic acids is 3. The topological polar surface area (TPSA) is 99.1 Å². The van der Waals surface area contributed by atoms with Crippen molar-refractivity contribution in [2.75, 3.05) is 20.5 Å². The van der Waals surface area contributed by atoms with Gasteiger partial charge >= 0.3 is 5.97 Å². The molecule has 1 N–H and O–H groups in total. The fraction of sp³-hybridized carbons (Fsp3) is 0.800. The minimum absolute atomic E-state index is 0.0545. The highest BCUT2D eigenvalue weighted by atomic mass is 79.9. The number of Topliss-reactive ketones (excluding diaryl/α,β-unsaturated/α-hetero) is 1. The number of rotatable bonds is 6. The molecule has 0 unspecified atom stereocenters. The van der Waals surface area contributed by atoms with E-state index < -0.39 is 27.4 Å². The summed E-state index contributed by atoms with van der Waals surface area (Å²) in [6, 6.07) is 0. The molecule has 0 spiro atoms. The van der Waals surface area contributed by atoms with Gasteiger partial charge in [-0.15, -0.1) is 0 Å². The molecule has 0 aromatic rings. The number of hydrogen-bond donors (Lipinski definition) is 1. The highest BCUT2D eigenvalue weighted by Gasteiger charge is 2.73. The van der Waals surface area contributed by atoms with Crippen molar-refractivity contribution in [1.82, 2.24) is 0 Å². The van der Waals surface area contributed by atoms with Crippen LogP contribution >= 0.6 is 15.9 Å². The Hall–Kier alpha value is -1.09. The summed E-state index contributed by atoms with van der Waals surface area (Å²) >= 11 is 4.07. The average molecular weight is 527 g/mol. The summed E-state index contributed by atoms with van der Waals surface area (Å²) in [6.07, 6.45) is 5.51. The maximum absolute atomic E-state index is 13.5. The number of halogens is 1. The van der Waals surface area contributed by atoms with Gasteiger partial charge < -0.3 is 19.3 Å². The molecule has 184 valence electrons. The van der Waals surface area contributed by atoms with Gasteiger partial charge in [-0.3, -0.25) is 14.4 Å². The van der Waals surface area contributed by atoms with Crippen LogP contribution in [-0.4, -0.2) is 59.2 Å². The number of ketones is 2. The number of allylic oxidation sites excluding steroid dienone is 1. The van der Waals surface area contributed by atoms with Gasteiger partial charge in [0.1, 0.15) is 12.4 Å². The summed E-state index contributed by atoms with van der Waals surface area (Å²) in [4.78, 5) is 37.1. The van der Waals surface area contributed by atoms with E-state index in [4.69, 9.17) is 14.2 Å². The Kier molecular flexibility index (Phi) is 6.47. The first-order valence-electron chi connectivity index (χ1n) is 11.9. The highest BCUT2D eigenvalue weighted by molar-refractivity contribution is 9.10. The zero-order chi connectivity index (χ0) is 24.2. The van der Waals surface area contributed by atoms with Crippen LogP contribution < -0.4 is 0 Å². The molecule has 0 aromatic carbocycles. The first kappa shape index (κ1) is 25.0. The second-order valence-corrected chi connectivity index (χ2v) is 12.1. The Morgan fingerprint density at radius 2 is 1.91 bits per heavy atom. The maximum Gasteiger partial charge on any atom is 0.303 e. The van der Waals surface area contributed by atoms with Gasteiger partial charge in [-0.1, -0.05) is 35.4 Å². The predicted octanol–water partition coefficient (Wildman–Crippen LogP) is 3.50. The zero-order valence-corrected chi connectivity index (χ0v) is 21.5. The van der Waals surface area contributed by atoms with E-state index in [2.05, 4.69) is 22.9 Å². The first-order chi connectivity index (χ1) is 15.5. The summed E-state index contributed by atoms with van der Waals surface area (Å²) in [5.41, 5.74) is -1.05. The van der Waals surface area contributed by atoms with E-state index in [1.807, 2.05) is 6.92 Å². The molecule has 0 radical (unpaired) electrons. The number of fused-ring (bicyclic) bond motifs is 5. The normalized spacial score (nSPS) is 44.4. The van der Waals surface area contributed by atoms with Crippen LogP contribution in [0.15, 0.2) is 11.6 Å². The van der Waals surface area contributed by atoms with Crippen LogP contribution in [0.1, 0.15) is 65.7 Å². The Bertz CT molecular complexity index is 886. The van der Waals surface area contributed by atoms with Crippen LogP contribution in [0.2, 0.25) is 0 Å². The third kappa shape index (κ3) is 3.42. The summed E-state index contributed by atoms with van der Waals surface area (Å²) in [7, 11) is 1.51. The van der Waals surface area contributed by atoms with Crippen LogP contribution in [0, 0.1) is 22.7 Å². The van der Waals surface area contributed by atoms with E-state index in [9.17, 15) is 19.5 Å². The summed E-state index contributed by atoms with van der Waals surface area (Å²) < 4.78 is 15.9.